The monoisotopic (exact) mass is 281 g/mol. The normalized spacial score (nSPS) is 10.7. The Kier molecular flexibility index (Phi) is 6.29. The molecule has 0 saturated heterocycles. The van der Waals surface area contributed by atoms with Crippen LogP contribution in [0.25, 0.3) is 6.08 Å². The zero-order valence-corrected chi connectivity index (χ0v) is 12.3. The first-order valence-electron chi connectivity index (χ1n) is 6.16. The first-order chi connectivity index (χ1) is 9.08. The number of hydrogen-bond donors (Lipinski definition) is 0. The fraction of sp³-hybridized carbons (Fsp3) is 0.429. The van der Waals surface area contributed by atoms with E-state index in [1.54, 1.807) is 17.4 Å². The predicted molar refractivity (Wildman–Crippen MR) is 77.0 cm³/mol. The topological polar surface area (TPSA) is 46.6 Å². The highest BCUT2D eigenvalue weighted by molar-refractivity contribution is 7.11. The molecule has 1 heterocycles. The summed E-state index contributed by atoms with van der Waals surface area (Å²) in [6.45, 7) is 4.50. The molecule has 1 amide bonds. The molecule has 0 atom stereocenters. The first-order valence-corrected chi connectivity index (χ1v) is 7.04. The summed E-state index contributed by atoms with van der Waals surface area (Å²) in [5.74, 6) is -0.567. The molecule has 0 aliphatic heterocycles. The third-order valence-corrected chi connectivity index (χ3v) is 3.62. The SMILES string of the molecule is CCCN(CC(=O)OC)C(=O)/C=C/c1sccc1C. The van der Waals surface area contributed by atoms with Gasteiger partial charge in [0.25, 0.3) is 0 Å². The number of ether oxygens (including phenoxy) is 1. The van der Waals surface area contributed by atoms with E-state index in [1.807, 2.05) is 25.3 Å². The molecular weight excluding hydrogens is 262 g/mol. The summed E-state index contributed by atoms with van der Waals surface area (Å²) in [5, 5.41) is 1.98. The molecule has 1 aromatic heterocycles. The molecule has 0 radical (unpaired) electrons. The Morgan fingerprint density at radius 1 is 1.47 bits per heavy atom. The number of carbonyl (C=O) groups is 2. The van der Waals surface area contributed by atoms with E-state index in [1.165, 1.54) is 18.1 Å². The van der Waals surface area contributed by atoms with Crippen molar-refractivity contribution in [3.8, 4) is 0 Å². The third kappa shape index (κ3) is 4.87. The summed E-state index contributed by atoms with van der Waals surface area (Å²) in [4.78, 5) is 25.8. The lowest BCUT2D eigenvalue weighted by atomic mass is 10.2. The molecule has 0 unspecified atom stereocenters. The van der Waals surface area contributed by atoms with Crippen LogP contribution in [-0.2, 0) is 14.3 Å². The lowest BCUT2D eigenvalue weighted by molar-refractivity contribution is -0.145. The van der Waals surface area contributed by atoms with E-state index < -0.39 is 5.97 Å². The summed E-state index contributed by atoms with van der Waals surface area (Å²) in [6, 6.07) is 2.01. The Balaban J connectivity index is 2.69. The van der Waals surface area contributed by atoms with Crippen molar-refractivity contribution in [1.29, 1.82) is 0 Å². The van der Waals surface area contributed by atoms with Crippen molar-refractivity contribution in [3.05, 3.63) is 28.0 Å². The van der Waals surface area contributed by atoms with Gasteiger partial charge in [-0.1, -0.05) is 6.92 Å². The molecule has 4 nitrogen and oxygen atoms in total. The maximum atomic E-state index is 12.0. The standard InChI is InChI=1S/C14H19NO3S/c1-4-8-15(10-14(17)18-3)13(16)6-5-12-11(2)7-9-19-12/h5-7,9H,4,8,10H2,1-3H3/b6-5+. The lowest BCUT2D eigenvalue weighted by Crippen LogP contribution is -2.35. The van der Waals surface area contributed by atoms with Crippen molar-refractivity contribution in [3.63, 3.8) is 0 Å². The van der Waals surface area contributed by atoms with E-state index in [4.69, 9.17) is 0 Å². The molecule has 19 heavy (non-hydrogen) atoms. The van der Waals surface area contributed by atoms with Gasteiger partial charge in [-0.25, -0.2) is 0 Å². The van der Waals surface area contributed by atoms with Crippen molar-refractivity contribution in [2.75, 3.05) is 20.2 Å². The van der Waals surface area contributed by atoms with Gasteiger partial charge in [0.15, 0.2) is 0 Å². The smallest absolute Gasteiger partial charge is 0.325 e. The van der Waals surface area contributed by atoms with Crippen LogP contribution in [0.3, 0.4) is 0 Å². The molecule has 0 bridgehead atoms. The zero-order valence-electron chi connectivity index (χ0n) is 11.5. The average molecular weight is 281 g/mol. The van der Waals surface area contributed by atoms with Crippen LogP contribution in [0.1, 0.15) is 23.8 Å². The minimum atomic E-state index is -0.400. The van der Waals surface area contributed by atoms with E-state index >= 15 is 0 Å². The van der Waals surface area contributed by atoms with Crippen molar-refractivity contribution >= 4 is 29.3 Å². The Morgan fingerprint density at radius 3 is 2.74 bits per heavy atom. The minimum Gasteiger partial charge on any atom is -0.468 e. The molecule has 0 fully saturated rings. The summed E-state index contributed by atoms with van der Waals surface area (Å²) < 4.78 is 4.59. The average Bonchev–Trinajstić information content (AvgIpc) is 2.80. The number of thiophene rings is 1. The highest BCUT2D eigenvalue weighted by Gasteiger charge is 2.14. The number of amides is 1. The zero-order chi connectivity index (χ0) is 14.3. The summed E-state index contributed by atoms with van der Waals surface area (Å²) >= 11 is 1.59. The number of methoxy groups -OCH3 is 1. The van der Waals surface area contributed by atoms with Crippen molar-refractivity contribution in [1.82, 2.24) is 4.90 Å². The van der Waals surface area contributed by atoms with Crippen LogP contribution in [0.15, 0.2) is 17.5 Å². The van der Waals surface area contributed by atoms with Gasteiger partial charge < -0.3 is 9.64 Å². The van der Waals surface area contributed by atoms with Crippen molar-refractivity contribution < 1.29 is 14.3 Å². The summed E-state index contributed by atoms with van der Waals surface area (Å²) in [7, 11) is 1.32. The predicted octanol–water partition coefficient (Wildman–Crippen LogP) is 2.48. The van der Waals surface area contributed by atoms with Crippen LogP contribution in [-0.4, -0.2) is 37.0 Å². The molecule has 0 aliphatic carbocycles. The number of aryl methyl sites for hydroxylation is 1. The van der Waals surface area contributed by atoms with Gasteiger partial charge in [0.2, 0.25) is 5.91 Å². The second kappa shape index (κ2) is 7.74. The number of hydrogen-bond acceptors (Lipinski definition) is 4. The lowest BCUT2D eigenvalue weighted by Gasteiger charge is -2.18. The van der Waals surface area contributed by atoms with Crippen molar-refractivity contribution in [2.24, 2.45) is 0 Å². The second-order valence-electron chi connectivity index (χ2n) is 4.14. The van der Waals surface area contributed by atoms with Gasteiger partial charge in [-0.3, -0.25) is 9.59 Å². The Bertz CT molecular complexity index is 465. The summed E-state index contributed by atoms with van der Waals surface area (Å²) in [6.07, 6.45) is 4.11. The molecule has 0 aromatic carbocycles. The molecular formula is C14H19NO3S. The quantitative estimate of drug-likeness (QED) is 0.594. The molecule has 0 spiro atoms. The second-order valence-corrected chi connectivity index (χ2v) is 5.08. The highest BCUT2D eigenvalue weighted by Crippen LogP contribution is 2.17. The molecule has 0 saturated carbocycles. The highest BCUT2D eigenvalue weighted by atomic mass is 32.1. The Hall–Kier alpha value is -1.62. The largest absolute Gasteiger partial charge is 0.468 e. The minimum absolute atomic E-state index is 0.00304. The van der Waals surface area contributed by atoms with Gasteiger partial charge in [0.05, 0.1) is 7.11 Å². The number of esters is 1. The van der Waals surface area contributed by atoms with Gasteiger partial charge >= 0.3 is 5.97 Å². The van der Waals surface area contributed by atoms with E-state index in [-0.39, 0.29) is 12.5 Å². The molecule has 0 aliphatic rings. The van der Waals surface area contributed by atoms with Gasteiger partial charge in [0.1, 0.15) is 6.54 Å². The number of nitrogens with zero attached hydrogens (tertiary/aromatic N) is 1. The van der Waals surface area contributed by atoms with Crippen LogP contribution in [0.4, 0.5) is 0 Å². The van der Waals surface area contributed by atoms with Gasteiger partial charge in [-0.15, -0.1) is 11.3 Å². The Labute approximate surface area is 117 Å². The maximum absolute atomic E-state index is 12.0. The van der Waals surface area contributed by atoms with Gasteiger partial charge in [-0.05, 0) is 36.4 Å². The molecule has 0 N–H and O–H groups in total. The van der Waals surface area contributed by atoms with Crippen LogP contribution in [0, 0.1) is 6.92 Å². The number of rotatable bonds is 6. The molecule has 5 heteroatoms. The molecule has 104 valence electrons. The van der Waals surface area contributed by atoms with E-state index in [0.29, 0.717) is 6.54 Å². The van der Waals surface area contributed by atoms with Crippen LogP contribution < -0.4 is 0 Å². The fourth-order valence-corrected chi connectivity index (χ4v) is 2.38. The van der Waals surface area contributed by atoms with Crippen LogP contribution in [0.5, 0.6) is 0 Å². The van der Waals surface area contributed by atoms with Crippen LogP contribution >= 0.6 is 11.3 Å². The van der Waals surface area contributed by atoms with Crippen molar-refractivity contribution in [2.45, 2.75) is 20.3 Å². The van der Waals surface area contributed by atoms with E-state index in [2.05, 4.69) is 4.74 Å². The number of carbonyl (C=O) groups excluding carboxylic acids is 2. The summed E-state index contributed by atoms with van der Waals surface area (Å²) in [5.41, 5.74) is 1.14. The van der Waals surface area contributed by atoms with Crippen LogP contribution in [0.2, 0.25) is 0 Å². The maximum Gasteiger partial charge on any atom is 0.325 e. The third-order valence-electron chi connectivity index (χ3n) is 2.63. The van der Waals surface area contributed by atoms with E-state index in [9.17, 15) is 9.59 Å². The van der Waals surface area contributed by atoms with Gasteiger partial charge in [-0.2, -0.15) is 0 Å². The van der Waals surface area contributed by atoms with Gasteiger partial charge in [0, 0.05) is 17.5 Å². The molecule has 1 aromatic rings. The first kappa shape index (κ1) is 15.4. The Morgan fingerprint density at radius 2 is 2.21 bits per heavy atom. The fourth-order valence-electron chi connectivity index (χ4n) is 1.57. The molecule has 1 rings (SSSR count). The van der Waals surface area contributed by atoms with E-state index in [0.717, 1.165) is 16.9 Å².